The van der Waals surface area contributed by atoms with Gasteiger partial charge in [-0.1, -0.05) is 25.8 Å². The molecule has 11 heavy (non-hydrogen) atoms. The van der Waals surface area contributed by atoms with Gasteiger partial charge in [-0.25, -0.2) is 0 Å². The van der Waals surface area contributed by atoms with Crippen molar-refractivity contribution in [1.82, 2.24) is 0 Å². The third-order valence-corrected chi connectivity index (χ3v) is 2.06. The summed E-state index contributed by atoms with van der Waals surface area (Å²) < 4.78 is 5.34. The third-order valence-electron chi connectivity index (χ3n) is 2.06. The van der Waals surface area contributed by atoms with Gasteiger partial charge >= 0.3 is 0 Å². The Morgan fingerprint density at radius 1 is 1.55 bits per heavy atom. The van der Waals surface area contributed by atoms with E-state index in [9.17, 15) is 0 Å². The van der Waals surface area contributed by atoms with Crippen LogP contribution in [0.25, 0.3) is 0 Å². The fourth-order valence-corrected chi connectivity index (χ4v) is 1.35. The molecule has 0 spiro atoms. The van der Waals surface area contributed by atoms with Gasteiger partial charge in [0, 0.05) is 6.61 Å². The van der Waals surface area contributed by atoms with E-state index in [1.807, 2.05) is 0 Å². The second kappa shape index (κ2) is 5.36. The molecule has 0 aromatic heterocycles. The van der Waals surface area contributed by atoms with Crippen LogP contribution in [0.3, 0.4) is 0 Å². The Balaban J connectivity index is 2.15. The van der Waals surface area contributed by atoms with Crippen molar-refractivity contribution in [2.45, 2.75) is 39.0 Å². The largest absolute Gasteiger partial charge is 0.377 e. The van der Waals surface area contributed by atoms with Gasteiger partial charge in [0.1, 0.15) is 0 Å². The molecule has 1 fully saturated rings. The van der Waals surface area contributed by atoms with Crippen molar-refractivity contribution in [3.63, 3.8) is 0 Å². The summed E-state index contributed by atoms with van der Waals surface area (Å²) in [6, 6.07) is 0. The van der Waals surface area contributed by atoms with Crippen LogP contribution in [0.5, 0.6) is 0 Å². The third kappa shape index (κ3) is 3.57. The average Bonchev–Trinajstić information content (AvgIpc) is 2.07. The van der Waals surface area contributed by atoms with Crippen LogP contribution in [-0.2, 0) is 4.74 Å². The van der Waals surface area contributed by atoms with E-state index >= 15 is 0 Å². The van der Waals surface area contributed by atoms with Crippen molar-refractivity contribution in [3.8, 4) is 0 Å². The molecule has 0 bridgehead atoms. The van der Waals surface area contributed by atoms with E-state index < -0.39 is 0 Å². The molecule has 1 nitrogen and oxygen atoms in total. The summed E-state index contributed by atoms with van der Waals surface area (Å²) in [5, 5.41) is 0. The van der Waals surface area contributed by atoms with E-state index in [1.54, 1.807) is 0 Å². The lowest BCUT2D eigenvalue weighted by molar-refractivity contribution is 0.129. The smallest absolute Gasteiger partial charge is 0.0676 e. The van der Waals surface area contributed by atoms with E-state index in [4.69, 9.17) is 4.74 Å². The maximum absolute atomic E-state index is 5.34. The van der Waals surface area contributed by atoms with E-state index in [-0.39, 0.29) is 0 Å². The van der Waals surface area contributed by atoms with Gasteiger partial charge in [0.25, 0.3) is 0 Å². The molecule has 1 heterocycles. The molecule has 0 aliphatic carbocycles. The van der Waals surface area contributed by atoms with Crippen molar-refractivity contribution in [1.29, 1.82) is 0 Å². The maximum atomic E-state index is 5.34. The first kappa shape index (κ1) is 8.79. The second-order valence-corrected chi connectivity index (χ2v) is 3.16. The van der Waals surface area contributed by atoms with Gasteiger partial charge in [-0.05, 0) is 24.8 Å². The molecular formula is C10H18O. The zero-order chi connectivity index (χ0) is 7.94. The van der Waals surface area contributed by atoms with Crippen LogP contribution in [-0.4, -0.2) is 13.2 Å². The Morgan fingerprint density at radius 2 is 2.45 bits per heavy atom. The summed E-state index contributed by atoms with van der Waals surface area (Å²) >= 11 is 0. The Labute approximate surface area is 69.4 Å². The molecule has 0 unspecified atom stereocenters. The van der Waals surface area contributed by atoms with Crippen LogP contribution in [0.4, 0.5) is 0 Å². The molecule has 0 N–H and O–H groups in total. The molecule has 0 aromatic carbocycles. The topological polar surface area (TPSA) is 9.23 Å². The highest BCUT2D eigenvalue weighted by Gasteiger charge is 2.03. The fourth-order valence-electron chi connectivity index (χ4n) is 1.35. The van der Waals surface area contributed by atoms with Crippen LogP contribution in [0, 0.1) is 0 Å². The molecular weight excluding hydrogens is 136 g/mol. The first-order chi connectivity index (χ1) is 5.43. The van der Waals surface area contributed by atoms with Gasteiger partial charge < -0.3 is 4.74 Å². The fraction of sp³-hybridized carbons (Fsp3) is 0.800. The summed E-state index contributed by atoms with van der Waals surface area (Å²) in [7, 11) is 0. The second-order valence-electron chi connectivity index (χ2n) is 3.16. The van der Waals surface area contributed by atoms with Crippen molar-refractivity contribution in [2.75, 3.05) is 13.2 Å². The Morgan fingerprint density at radius 3 is 3.09 bits per heavy atom. The highest BCUT2D eigenvalue weighted by molar-refractivity contribution is 5.03. The highest BCUT2D eigenvalue weighted by Crippen LogP contribution is 2.13. The summed E-state index contributed by atoms with van der Waals surface area (Å²) in [6.07, 6.45) is 8.72. The zero-order valence-electron chi connectivity index (χ0n) is 7.44. The quantitative estimate of drug-likeness (QED) is 0.448. The standard InChI is InChI=1S/C10H18O/c1-2-3-4-6-10-7-5-8-11-9-10/h6H,2-5,7-9H2,1H3/b10-6-. The molecule has 0 radical (unpaired) electrons. The van der Waals surface area contributed by atoms with E-state index in [0.717, 1.165) is 13.2 Å². The molecule has 64 valence electrons. The Hall–Kier alpha value is -0.300. The summed E-state index contributed by atoms with van der Waals surface area (Å²) in [6.45, 7) is 4.09. The number of hydrogen-bond donors (Lipinski definition) is 0. The number of hydrogen-bond acceptors (Lipinski definition) is 1. The minimum atomic E-state index is 0.893. The van der Waals surface area contributed by atoms with Crippen LogP contribution >= 0.6 is 0 Å². The van der Waals surface area contributed by atoms with Crippen molar-refractivity contribution in [3.05, 3.63) is 11.6 Å². The lowest BCUT2D eigenvalue weighted by Gasteiger charge is -2.14. The maximum Gasteiger partial charge on any atom is 0.0676 e. The van der Waals surface area contributed by atoms with Gasteiger partial charge in [-0.3, -0.25) is 0 Å². The van der Waals surface area contributed by atoms with E-state index in [0.29, 0.717) is 0 Å². The van der Waals surface area contributed by atoms with Crippen LogP contribution < -0.4 is 0 Å². The molecule has 0 saturated carbocycles. The molecule has 0 atom stereocenters. The minimum Gasteiger partial charge on any atom is -0.377 e. The normalized spacial score (nSPS) is 22.5. The lowest BCUT2D eigenvalue weighted by Crippen LogP contribution is -2.07. The van der Waals surface area contributed by atoms with Crippen molar-refractivity contribution >= 4 is 0 Å². The van der Waals surface area contributed by atoms with Crippen LogP contribution in [0.15, 0.2) is 11.6 Å². The first-order valence-corrected chi connectivity index (χ1v) is 4.69. The highest BCUT2D eigenvalue weighted by atomic mass is 16.5. The van der Waals surface area contributed by atoms with Gasteiger partial charge in [0.2, 0.25) is 0 Å². The Kier molecular flexibility index (Phi) is 4.29. The lowest BCUT2D eigenvalue weighted by atomic mass is 10.1. The van der Waals surface area contributed by atoms with E-state index in [1.165, 1.54) is 37.7 Å². The summed E-state index contributed by atoms with van der Waals surface area (Å²) in [5.74, 6) is 0. The van der Waals surface area contributed by atoms with Gasteiger partial charge in [0.05, 0.1) is 6.61 Å². The monoisotopic (exact) mass is 154 g/mol. The number of allylic oxidation sites excluding steroid dienone is 1. The predicted molar refractivity (Wildman–Crippen MR) is 47.7 cm³/mol. The minimum absolute atomic E-state index is 0.893. The molecule has 1 heteroatoms. The number of ether oxygens (including phenoxy) is 1. The Bertz CT molecular complexity index is 119. The van der Waals surface area contributed by atoms with E-state index in [2.05, 4.69) is 13.0 Å². The zero-order valence-corrected chi connectivity index (χ0v) is 7.44. The van der Waals surface area contributed by atoms with Crippen LogP contribution in [0.2, 0.25) is 0 Å². The van der Waals surface area contributed by atoms with Crippen molar-refractivity contribution in [2.24, 2.45) is 0 Å². The van der Waals surface area contributed by atoms with Gasteiger partial charge in [-0.2, -0.15) is 0 Å². The molecule has 1 rings (SSSR count). The SMILES string of the molecule is CCCC/C=C1/CCCOC1. The van der Waals surface area contributed by atoms with Crippen LogP contribution in [0.1, 0.15) is 39.0 Å². The predicted octanol–water partition coefficient (Wildman–Crippen LogP) is 2.91. The summed E-state index contributed by atoms with van der Waals surface area (Å²) in [4.78, 5) is 0. The average molecular weight is 154 g/mol. The first-order valence-electron chi connectivity index (χ1n) is 4.69. The number of unbranched alkanes of at least 4 members (excludes halogenated alkanes) is 2. The van der Waals surface area contributed by atoms with Gasteiger partial charge in [-0.15, -0.1) is 0 Å². The molecule has 1 saturated heterocycles. The molecule has 0 amide bonds. The molecule has 0 aromatic rings. The van der Waals surface area contributed by atoms with Gasteiger partial charge in [0.15, 0.2) is 0 Å². The molecule has 1 aliphatic heterocycles. The number of rotatable bonds is 3. The molecule has 1 aliphatic rings. The summed E-state index contributed by atoms with van der Waals surface area (Å²) in [5.41, 5.74) is 1.52. The van der Waals surface area contributed by atoms with Crippen molar-refractivity contribution < 1.29 is 4.74 Å².